The molecule has 1 aromatic heterocycles. The maximum absolute atomic E-state index is 11.1. The van der Waals surface area contributed by atoms with Crippen molar-refractivity contribution in [2.45, 2.75) is 32.7 Å². The molecule has 2 rings (SSSR count). The van der Waals surface area contributed by atoms with E-state index in [0.29, 0.717) is 11.6 Å². The highest BCUT2D eigenvalue weighted by molar-refractivity contribution is 7.99. The van der Waals surface area contributed by atoms with E-state index in [0.717, 1.165) is 24.2 Å². The molecule has 1 N–H and O–H groups in total. The quantitative estimate of drug-likeness (QED) is 0.863. The number of aromatic carboxylic acids is 1. The topological polar surface area (TPSA) is 42.2 Å². The zero-order chi connectivity index (χ0) is 11.7. The molecule has 0 atom stereocenters. The van der Waals surface area contributed by atoms with Gasteiger partial charge in [-0.1, -0.05) is 0 Å². The number of carboxylic acid groups (broad SMARTS) is 1. The molecule has 88 valence electrons. The predicted molar refractivity (Wildman–Crippen MR) is 66.5 cm³/mol. The number of hydrogen-bond acceptors (Lipinski definition) is 2. The van der Waals surface area contributed by atoms with E-state index in [4.69, 9.17) is 5.11 Å². The van der Waals surface area contributed by atoms with Gasteiger partial charge in [-0.2, -0.15) is 11.8 Å². The third kappa shape index (κ3) is 1.98. The molecule has 0 unspecified atom stereocenters. The van der Waals surface area contributed by atoms with E-state index in [2.05, 4.69) is 4.57 Å². The number of aryl methyl sites for hydroxylation is 1. The van der Waals surface area contributed by atoms with Crippen LogP contribution in [0.5, 0.6) is 0 Å². The van der Waals surface area contributed by atoms with Crippen molar-refractivity contribution in [1.82, 2.24) is 4.57 Å². The van der Waals surface area contributed by atoms with Gasteiger partial charge in [0.2, 0.25) is 0 Å². The number of thioether (sulfide) groups is 1. The largest absolute Gasteiger partial charge is 0.478 e. The van der Waals surface area contributed by atoms with Gasteiger partial charge in [0.25, 0.3) is 0 Å². The summed E-state index contributed by atoms with van der Waals surface area (Å²) in [5.41, 5.74) is 2.43. The molecule has 2 heterocycles. The molecule has 1 aliphatic rings. The molecule has 16 heavy (non-hydrogen) atoms. The molecule has 0 saturated carbocycles. The van der Waals surface area contributed by atoms with Crippen LogP contribution in [0.2, 0.25) is 0 Å². The van der Waals surface area contributed by atoms with Crippen molar-refractivity contribution in [3.05, 3.63) is 23.0 Å². The average Bonchev–Trinajstić information content (AvgIpc) is 2.56. The van der Waals surface area contributed by atoms with E-state index < -0.39 is 5.97 Å². The van der Waals surface area contributed by atoms with Crippen LogP contribution in [0.4, 0.5) is 0 Å². The Morgan fingerprint density at radius 2 is 2.06 bits per heavy atom. The van der Waals surface area contributed by atoms with Gasteiger partial charge in [0, 0.05) is 17.4 Å². The van der Waals surface area contributed by atoms with Crippen LogP contribution < -0.4 is 0 Å². The Hall–Kier alpha value is -0.900. The molecule has 1 aromatic rings. The summed E-state index contributed by atoms with van der Waals surface area (Å²) in [6, 6.07) is 2.29. The second kappa shape index (κ2) is 4.53. The van der Waals surface area contributed by atoms with Gasteiger partial charge in [-0.05, 0) is 44.3 Å². The first kappa shape index (κ1) is 11.6. The summed E-state index contributed by atoms with van der Waals surface area (Å²) >= 11 is 1.99. The third-order valence-electron chi connectivity index (χ3n) is 3.27. The Morgan fingerprint density at radius 1 is 1.44 bits per heavy atom. The lowest BCUT2D eigenvalue weighted by Gasteiger charge is -2.26. The summed E-state index contributed by atoms with van der Waals surface area (Å²) in [5, 5.41) is 9.08. The summed E-state index contributed by atoms with van der Waals surface area (Å²) in [5.74, 6) is 1.55. The number of nitrogens with zero attached hydrogens (tertiary/aromatic N) is 1. The smallest absolute Gasteiger partial charge is 0.337 e. The Kier molecular flexibility index (Phi) is 3.28. The first-order valence-electron chi connectivity index (χ1n) is 5.60. The molecule has 0 aliphatic carbocycles. The summed E-state index contributed by atoms with van der Waals surface area (Å²) in [6.45, 7) is 3.92. The lowest BCUT2D eigenvalue weighted by atomic mass is 10.1. The monoisotopic (exact) mass is 239 g/mol. The van der Waals surface area contributed by atoms with Crippen molar-refractivity contribution in [2.24, 2.45) is 0 Å². The lowest BCUT2D eigenvalue weighted by molar-refractivity contribution is 0.0696. The molecule has 1 saturated heterocycles. The van der Waals surface area contributed by atoms with Crippen molar-refractivity contribution >= 4 is 17.7 Å². The van der Waals surface area contributed by atoms with Crippen LogP contribution in [-0.2, 0) is 0 Å². The maximum atomic E-state index is 11.1. The van der Waals surface area contributed by atoms with E-state index in [1.54, 1.807) is 6.07 Å². The lowest BCUT2D eigenvalue weighted by Crippen LogP contribution is -2.17. The van der Waals surface area contributed by atoms with Gasteiger partial charge in [0.05, 0.1) is 5.56 Å². The van der Waals surface area contributed by atoms with Gasteiger partial charge in [-0.15, -0.1) is 0 Å². The molecular formula is C12H17NO2S. The third-order valence-corrected chi connectivity index (χ3v) is 4.32. The van der Waals surface area contributed by atoms with Crippen LogP contribution in [-0.4, -0.2) is 27.1 Å². The molecule has 3 nitrogen and oxygen atoms in total. The van der Waals surface area contributed by atoms with Crippen LogP contribution >= 0.6 is 11.8 Å². The zero-order valence-corrected chi connectivity index (χ0v) is 10.5. The molecule has 0 radical (unpaired) electrons. The molecular weight excluding hydrogens is 222 g/mol. The molecule has 0 spiro atoms. The average molecular weight is 239 g/mol. The van der Waals surface area contributed by atoms with Crippen LogP contribution in [0.15, 0.2) is 6.07 Å². The Labute approximate surface area is 99.8 Å². The minimum absolute atomic E-state index is 0.454. The standard InChI is InChI=1S/C12H17NO2S/c1-8-7-11(12(14)15)9(2)13(8)10-3-5-16-6-4-10/h7,10H,3-6H2,1-2H3,(H,14,15). The number of rotatable bonds is 2. The van der Waals surface area contributed by atoms with Gasteiger partial charge >= 0.3 is 5.97 Å². The van der Waals surface area contributed by atoms with Gasteiger partial charge in [-0.25, -0.2) is 4.79 Å². The number of hydrogen-bond donors (Lipinski definition) is 1. The number of carboxylic acids is 1. The van der Waals surface area contributed by atoms with Gasteiger partial charge in [0.1, 0.15) is 0 Å². The van der Waals surface area contributed by atoms with Crippen LogP contribution in [0.1, 0.15) is 40.6 Å². The van der Waals surface area contributed by atoms with Crippen LogP contribution in [0, 0.1) is 13.8 Å². The van der Waals surface area contributed by atoms with Crippen molar-refractivity contribution in [3.8, 4) is 0 Å². The van der Waals surface area contributed by atoms with Crippen molar-refractivity contribution in [2.75, 3.05) is 11.5 Å². The second-order valence-corrected chi connectivity index (χ2v) is 5.53. The highest BCUT2D eigenvalue weighted by atomic mass is 32.2. The van der Waals surface area contributed by atoms with Gasteiger partial charge < -0.3 is 9.67 Å². The number of aromatic nitrogens is 1. The normalized spacial score (nSPS) is 17.6. The Balaban J connectivity index is 2.36. The fraction of sp³-hybridized carbons (Fsp3) is 0.583. The van der Waals surface area contributed by atoms with Gasteiger partial charge in [0.15, 0.2) is 0 Å². The fourth-order valence-electron chi connectivity index (χ4n) is 2.50. The molecule has 0 bridgehead atoms. The van der Waals surface area contributed by atoms with E-state index in [1.165, 1.54) is 11.5 Å². The minimum Gasteiger partial charge on any atom is -0.478 e. The van der Waals surface area contributed by atoms with Crippen LogP contribution in [0.25, 0.3) is 0 Å². The summed E-state index contributed by atoms with van der Waals surface area (Å²) in [7, 11) is 0. The van der Waals surface area contributed by atoms with Crippen molar-refractivity contribution in [1.29, 1.82) is 0 Å². The second-order valence-electron chi connectivity index (χ2n) is 4.30. The zero-order valence-electron chi connectivity index (χ0n) is 9.69. The van der Waals surface area contributed by atoms with Gasteiger partial charge in [-0.3, -0.25) is 0 Å². The fourth-order valence-corrected chi connectivity index (χ4v) is 3.58. The van der Waals surface area contributed by atoms with E-state index >= 15 is 0 Å². The number of carbonyl (C=O) groups is 1. The first-order chi connectivity index (χ1) is 7.61. The first-order valence-corrected chi connectivity index (χ1v) is 6.76. The maximum Gasteiger partial charge on any atom is 0.337 e. The summed E-state index contributed by atoms with van der Waals surface area (Å²) < 4.78 is 2.21. The van der Waals surface area contributed by atoms with Crippen molar-refractivity contribution < 1.29 is 9.90 Å². The highest BCUT2D eigenvalue weighted by Crippen LogP contribution is 2.31. The van der Waals surface area contributed by atoms with E-state index in [1.807, 2.05) is 25.6 Å². The SMILES string of the molecule is Cc1cc(C(=O)O)c(C)n1C1CCSCC1. The molecule has 1 fully saturated rings. The van der Waals surface area contributed by atoms with Crippen LogP contribution in [0.3, 0.4) is 0 Å². The Bertz CT molecular complexity index is 405. The Morgan fingerprint density at radius 3 is 2.56 bits per heavy atom. The summed E-state index contributed by atoms with van der Waals surface area (Å²) in [6.07, 6.45) is 2.31. The molecule has 0 amide bonds. The minimum atomic E-state index is -0.815. The molecule has 1 aliphatic heterocycles. The van der Waals surface area contributed by atoms with Crippen molar-refractivity contribution in [3.63, 3.8) is 0 Å². The molecule has 4 heteroatoms. The van der Waals surface area contributed by atoms with E-state index in [-0.39, 0.29) is 0 Å². The predicted octanol–water partition coefficient (Wildman–Crippen LogP) is 2.87. The summed E-state index contributed by atoms with van der Waals surface area (Å²) in [4.78, 5) is 11.1. The van der Waals surface area contributed by atoms with E-state index in [9.17, 15) is 4.79 Å². The highest BCUT2D eigenvalue weighted by Gasteiger charge is 2.22. The molecule has 0 aromatic carbocycles.